The molecule has 0 aliphatic carbocycles. The summed E-state index contributed by atoms with van der Waals surface area (Å²) in [7, 11) is 0. The molecular weight excluding hydrogens is 302 g/mol. The van der Waals surface area contributed by atoms with Gasteiger partial charge in [0, 0.05) is 29.6 Å². The van der Waals surface area contributed by atoms with Crippen molar-refractivity contribution in [3.8, 4) is 0 Å². The molecule has 0 saturated carbocycles. The standard InChI is InChI=1S/C19H25N3O2/c1-11(2)15-10-24-18-8-20-16(7-14(15)18)19(23)21-17-9-22-5-4-13(17)6-12(22)3/h7-8,10-13,17H,4-6,9H2,1-3H3,(H,21,23). The smallest absolute Gasteiger partial charge is 0.270 e. The summed E-state index contributed by atoms with van der Waals surface area (Å²) in [5, 5.41) is 4.21. The summed E-state index contributed by atoms with van der Waals surface area (Å²) < 4.78 is 5.55. The first-order valence-corrected chi connectivity index (χ1v) is 8.95. The Morgan fingerprint density at radius 3 is 2.96 bits per heavy atom. The highest BCUT2D eigenvalue weighted by Crippen LogP contribution is 2.32. The van der Waals surface area contributed by atoms with Crippen LogP contribution in [0, 0.1) is 5.92 Å². The molecule has 0 spiro atoms. The molecule has 3 saturated heterocycles. The maximum atomic E-state index is 12.7. The van der Waals surface area contributed by atoms with E-state index in [1.165, 1.54) is 12.8 Å². The first-order valence-electron chi connectivity index (χ1n) is 8.95. The molecule has 1 N–H and O–H groups in total. The van der Waals surface area contributed by atoms with E-state index in [0.29, 0.717) is 23.6 Å². The Hall–Kier alpha value is -1.88. The van der Waals surface area contributed by atoms with Crippen molar-refractivity contribution in [1.29, 1.82) is 0 Å². The number of nitrogens with one attached hydrogen (secondary N) is 1. The number of rotatable bonds is 3. The van der Waals surface area contributed by atoms with Gasteiger partial charge in [-0.25, -0.2) is 4.98 Å². The van der Waals surface area contributed by atoms with Crippen LogP contribution in [-0.4, -0.2) is 41.0 Å². The molecule has 2 aromatic rings. The maximum absolute atomic E-state index is 12.7. The van der Waals surface area contributed by atoms with E-state index < -0.39 is 0 Å². The summed E-state index contributed by atoms with van der Waals surface area (Å²) in [4.78, 5) is 19.5. The lowest BCUT2D eigenvalue weighted by Gasteiger charge is -2.48. The molecule has 2 bridgehead atoms. The molecule has 5 rings (SSSR count). The average molecular weight is 327 g/mol. The molecule has 4 unspecified atom stereocenters. The van der Waals surface area contributed by atoms with Gasteiger partial charge in [-0.15, -0.1) is 0 Å². The Labute approximate surface area is 142 Å². The third kappa shape index (κ3) is 2.61. The van der Waals surface area contributed by atoms with Crippen LogP contribution in [0.2, 0.25) is 0 Å². The monoisotopic (exact) mass is 327 g/mol. The van der Waals surface area contributed by atoms with Gasteiger partial charge in [0.15, 0.2) is 5.58 Å². The van der Waals surface area contributed by atoms with Crippen LogP contribution in [0.3, 0.4) is 0 Å². The fourth-order valence-corrected chi connectivity index (χ4v) is 4.23. The topological polar surface area (TPSA) is 58.4 Å². The lowest BCUT2D eigenvalue weighted by molar-refractivity contribution is 0.0273. The molecule has 128 valence electrons. The van der Waals surface area contributed by atoms with E-state index in [1.807, 2.05) is 6.07 Å². The van der Waals surface area contributed by atoms with Gasteiger partial charge in [0.1, 0.15) is 5.69 Å². The third-order valence-electron chi connectivity index (χ3n) is 5.72. The highest BCUT2D eigenvalue weighted by Gasteiger charge is 2.38. The summed E-state index contributed by atoms with van der Waals surface area (Å²) in [6, 6.07) is 2.76. The summed E-state index contributed by atoms with van der Waals surface area (Å²) in [5.41, 5.74) is 2.35. The molecule has 4 atom stereocenters. The number of furan rings is 1. The van der Waals surface area contributed by atoms with Crippen molar-refractivity contribution in [2.75, 3.05) is 13.1 Å². The predicted octanol–water partition coefficient (Wildman–Crippen LogP) is 3.16. The zero-order chi connectivity index (χ0) is 16.8. The Balaban J connectivity index is 1.54. The molecule has 0 aromatic carbocycles. The van der Waals surface area contributed by atoms with E-state index in [2.05, 4.69) is 36.0 Å². The summed E-state index contributed by atoms with van der Waals surface area (Å²) in [6.45, 7) is 8.65. The fraction of sp³-hybridized carbons (Fsp3) is 0.579. The van der Waals surface area contributed by atoms with E-state index in [1.54, 1.807) is 12.5 Å². The number of fused-ring (bicyclic) bond motifs is 4. The van der Waals surface area contributed by atoms with Gasteiger partial charge in [-0.3, -0.25) is 9.69 Å². The van der Waals surface area contributed by atoms with Crippen molar-refractivity contribution in [3.63, 3.8) is 0 Å². The molecule has 3 aliphatic rings. The molecule has 5 nitrogen and oxygen atoms in total. The van der Waals surface area contributed by atoms with Gasteiger partial charge in [0.05, 0.1) is 12.5 Å². The van der Waals surface area contributed by atoms with Crippen LogP contribution in [0.1, 0.15) is 55.6 Å². The first kappa shape index (κ1) is 15.6. The molecular formula is C19H25N3O2. The third-order valence-corrected chi connectivity index (χ3v) is 5.72. The van der Waals surface area contributed by atoms with Crippen LogP contribution in [0.25, 0.3) is 11.0 Å². The maximum Gasteiger partial charge on any atom is 0.270 e. The largest absolute Gasteiger partial charge is 0.462 e. The van der Waals surface area contributed by atoms with Crippen LogP contribution >= 0.6 is 0 Å². The number of aromatic nitrogens is 1. The fourth-order valence-electron chi connectivity index (χ4n) is 4.23. The van der Waals surface area contributed by atoms with Crippen molar-refractivity contribution < 1.29 is 9.21 Å². The lowest BCUT2D eigenvalue weighted by Crippen LogP contribution is -2.60. The summed E-state index contributed by atoms with van der Waals surface area (Å²) in [6.07, 6.45) is 5.79. The Bertz CT molecular complexity index is 767. The minimum absolute atomic E-state index is 0.0702. The average Bonchev–Trinajstić information content (AvgIpc) is 2.99. The molecule has 24 heavy (non-hydrogen) atoms. The number of piperidine rings is 3. The molecule has 5 heterocycles. The van der Waals surface area contributed by atoms with Gasteiger partial charge in [-0.1, -0.05) is 13.8 Å². The van der Waals surface area contributed by atoms with Gasteiger partial charge in [0.2, 0.25) is 0 Å². The highest BCUT2D eigenvalue weighted by atomic mass is 16.3. The minimum Gasteiger partial charge on any atom is -0.462 e. The normalized spacial score (nSPS) is 29.3. The zero-order valence-electron chi connectivity index (χ0n) is 14.6. The molecule has 2 aromatic heterocycles. The van der Waals surface area contributed by atoms with Gasteiger partial charge >= 0.3 is 0 Å². The molecule has 5 heteroatoms. The molecule has 3 aliphatic heterocycles. The number of carbonyl (C=O) groups is 1. The number of carbonyl (C=O) groups excluding carboxylic acids is 1. The van der Waals surface area contributed by atoms with Crippen LogP contribution in [-0.2, 0) is 0 Å². The van der Waals surface area contributed by atoms with Crippen molar-refractivity contribution in [3.05, 3.63) is 29.8 Å². The number of nitrogens with zero attached hydrogens (tertiary/aromatic N) is 2. The van der Waals surface area contributed by atoms with Crippen LogP contribution < -0.4 is 5.32 Å². The second kappa shape index (κ2) is 5.88. The second-order valence-corrected chi connectivity index (χ2v) is 7.62. The van der Waals surface area contributed by atoms with Crippen LogP contribution in [0.15, 0.2) is 22.9 Å². The van der Waals surface area contributed by atoms with E-state index in [4.69, 9.17) is 4.42 Å². The highest BCUT2D eigenvalue weighted by molar-refractivity contribution is 5.96. The van der Waals surface area contributed by atoms with Crippen LogP contribution in [0.4, 0.5) is 0 Å². The predicted molar refractivity (Wildman–Crippen MR) is 93.1 cm³/mol. The van der Waals surface area contributed by atoms with Crippen molar-refractivity contribution >= 4 is 16.9 Å². The van der Waals surface area contributed by atoms with Gasteiger partial charge in [-0.2, -0.15) is 0 Å². The van der Waals surface area contributed by atoms with Crippen molar-refractivity contribution in [2.45, 2.75) is 51.6 Å². The Kier molecular flexibility index (Phi) is 3.83. The number of hydrogen-bond donors (Lipinski definition) is 1. The van der Waals surface area contributed by atoms with E-state index in [0.717, 1.165) is 29.6 Å². The summed E-state index contributed by atoms with van der Waals surface area (Å²) >= 11 is 0. The van der Waals surface area contributed by atoms with Crippen molar-refractivity contribution in [2.24, 2.45) is 5.92 Å². The SMILES string of the molecule is CC(C)c1coc2cnc(C(=O)NC3CN4CCC3CC4C)cc12. The summed E-state index contributed by atoms with van der Waals surface area (Å²) in [5.74, 6) is 0.880. The Morgan fingerprint density at radius 2 is 2.29 bits per heavy atom. The Morgan fingerprint density at radius 1 is 1.46 bits per heavy atom. The van der Waals surface area contributed by atoms with Crippen molar-refractivity contribution in [1.82, 2.24) is 15.2 Å². The molecule has 3 fully saturated rings. The number of amides is 1. The van der Waals surface area contributed by atoms with Gasteiger partial charge in [-0.05, 0) is 44.2 Å². The minimum atomic E-state index is -0.0702. The lowest BCUT2D eigenvalue weighted by atomic mass is 9.80. The van der Waals surface area contributed by atoms with E-state index in [9.17, 15) is 4.79 Å². The van der Waals surface area contributed by atoms with Crippen LogP contribution in [0.5, 0.6) is 0 Å². The number of hydrogen-bond acceptors (Lipinski definition) is 4. The molecule has 0 radical (unpaired) electrons. The van der Waals surface area contributed by atoms with Gasteiger partial charge < -0.3 is 9.73 Å². The quantitative estimate of drug-likeness (QED) is 0.941. The number of pyridine rings is 1. The zero-order valence-corrected chi connectivity index (χ0v) is 14.6. The second-order valence-electron chi connectivity index (χ2n) is 7.62. The van der Waals surface area contributed by atoms with E-state index >= 15 is 0 Å². The first-order chi connectivity index (χ1) is 11.5. The molecule has 1 amide bonds. The van der Waals surface area contributed by atoms with E-state index in [-0.39, 0.29) is 11.9 Å². The van der Waals surface area contributed by atoms with Gasteiger partial charge in [0.25, 0.3) is 5.91 Å².